The third-order valence-corrected chi connectivity index (χ3v) is 2.28. The lowest BCUT2D eigenvalue weighted by molar-refractivity contribution is 0.102. The normalized spacial score (nSPS) is 10.2. The first-order chi connectivity index (χ1) is 8.06. The van der Waals surface area contributed by atoms with E-state index in [2.05, 4.69) is 10.3 Å². The Morgan fingerprint density at radius 1 is 1.53 bits per heavy atom. The maximum Gasteiger partial charge on any atom is 0.301 e. The van der Waals surface area contributed by atoms with Crippen molar-refractivity contribution >= 4 is 23.5 Å². The molecule has 88 valence electrons. The molecule has 0 spiro atoms. The molecule has 6 heteroatoms. The van der Waals surface area contributed by atoms with Crippen LogP contribution in [-0.2, 0) is 0 Å². The van der Waals surface area contributed by atoms with Crippen molar-refractivity contribution in [3.63, 3.8) is 0 Å². The molecule has 1 heterocycles. The average molecular weight is 253 g/mol. The molecule has 0 bridgehead atoms. The second kappa shape index (κ2) is 4.47. The Hall–Kier alpha value is -2.01. The van der Waals surface area contributed by atoms with E-state index in [0.717, 1.165) is 0 Å². The molecule has 0 aliphatic heterocycles. The van der Waals surface area contributed by atoms with Crippen LogP contribution >= 0.6 is 11.6 Å². The van der Waals surface area contributed by atoms with Gasteiger partial charge in [-0.2, -0.15) is 4.98 Å². The number of nitrogens with one attached hydrogen (secondary N) is 1. The molecule has 2 rings (SSSR count). The summed E-state index contributed by atoms with van der Waals surface area (Å²) in [7, 11) is 0. The number of amides is 1. The van der Waals surface area contributed by atoms with Gasteiger partial charge in [0.1, 0.15) is 12.0 Å². The van der Waals surface area contributed by atoms with E-state index in [4.69, 9.17) is 16.0 Å². The van der Waals surface area contributed by atoms with Crippen molar-refractivity contribution in [2.24, 2.45) is 0 Å². The molecule has 0 fully saturated rings. The van der Waals surface area contributed by atoms with Crippen LogP contribution in [0, 0.1) is 6.92 Å². The second-order valence-corrected chi connectivity index (χ2v) is 3.85. The Kier molecular flexibility index (Phi) is 3.01. The third-order valence-electron chi connectivity index (χ3n) is 2.04. The fraction of sp³-hybridized carbons (Fsp3) is 0.0909. The molecule has 17 heavy (non-hydrogen) atoms. The summed E-state index contributed by atoms with van der Waals surface area (Å²) in [6.45, 7) is 1.73. The van der Waals surface area contributed by atoms with Gasteiger partial charge in [-0.1, -0.05) is 11.6 Å². The number of nitrogens with zero attached hydrogens (tertiary/aromatic N) is 1. The zero-order valence-corrected chi connectivity index (χ0v) is 9.65. The van der Waals surface area contributed by atoms with E-state index >= 15 is 0 Å². The van der Waals surface area contributed by atoms with Crippen molar-refractivity contribution in [2.75, 3.05) is 5.32 Å². The Labute approximate surface area is 102 Å². The van der Waals surface area contributed by atoms with E-state index in [-0.39, 0.29) is 17.3 Å². The average Bonchev–Trinajstić information content (AvgIpc) is 2.67. The van der Waals surface area contributed by atoms with Gasteiger partial charge in [-0.3, -0.25) is 10.1 Å². The standard InChI is InChI=1S/C11H9ClN2O3/c1-6-5-17-11(13-6)14-10(16)8-4-7(12)2-3-9(8)15/h2-5,15H,1H3,(H,13,14,16). The number of carbonyl (C=O) groups excluding carboxylic acids is 1. The SMILES string of the molecule is Cc1coc(NC(=O)c2cc(Cl)ccc2O)n1. The number of phenols is 1. The number of benzene rings is 1. The number of aromatic nitrogens is 1. The summed E-state index contributed by atoms with van der Waals surface area (Å²) in [4.78, 5) is 15.7. The number of carbonyl (C=O) groups is 1. The van der Waals surface area contributed by atoms with Crippen LogP contribution in [0.3, 0.4) is 0 Å². The molecule has 2 N–H and O–H groups in total. The Balaban J connectivity index is 2.22. The molecular formula is C11H9ClN2O3. The van der Waals surface area contributed by atoms with Crippen LogP contribution in [0.4, 0.5) is 6.01 Å². The zero-order valence-electron chi connectivity index (χ0n) is 8.90. The van der Waals surface area contributed by atoms with Crippen LogP contribution in [0.1, 0.15) is 16.1 Å². The first-order valence-corrected chi connectivity index (χ1v) is 5.16. The van der Waals surface area contributed by atoms with Gasteiger partial charge >= 0.3 is 6.01 Å². The van der Waals surface area contributed by atoms with Crippen LogP contribution in [0.25, 0.3) is 0 Å². The molecular weight excluding hydrogens is 244 g/mol. The highest BCUT2D eigenvalue weighted by atomic mass is 35.5. The number of aryl methyl sites for hydroxylation is 1. The molecule has 5 nitrogen and oxygen atoms in total. The number of anilines is 1. The molecule has 1 aromatic heterocycles. The van der Waals surface area contributed by atoms with E-state index < -0.39 is 5.91 Å². The number of rotatable bonds is 2. The highest BCUT2D eigenvalue weighted by molar-refractivity contribution is 6.31. The molecule has 1 aromatic carbocycles. The van der Waals surface area contributed by atoms with Gasteiger partial charge in [0.25, 0.3) is 5.91 Å². The molecule has 0 aliphatic carbocycles. The van der Waals surface area contributed by atoms with Gasteiger partial charge in [-0.05, 0) is 25.1 Å². The minimum atomic E-state index is -0.535. The summed E-state index contributed by atoms with van der Waals surface area (Å²) in [6, 6.07) is 4.27. The van der Waals surface area contributed by atoms with Crippen molar-refractivity contribution in [1.82, 2.24) is 4.98 Å². The molecule has 0 saturated heterocycles. The van der Waals surface area contributed by atoms with Crippen LogP contribution in [0.5, 0.6) is 5.75 Å². The number of hydrogen-bond donors (Lipinski definition) is 2. The van der Waals surface area contributed by atoms with Gasteiger partial charge in [0, 0.05) is 5.02 Å². The first kappa shape index (κ1) is 11.5. The van der Waals surface area contributed by atoms with E-state index in [9.17, 15) is 9.90 Å². The van der Waals surface area contributed by atoms with Gasteiger partial charge in [0.05, 0.1) is 11.3 Å². The van der Waals surface area contributed by atoms with Gasteiger partial charge in [0.2, 0.25) is 0 Å². The van der Waals surface area contributed by atoms with Gasteiger partial charge in [-0.15, -0.1) is 0 Å². The van der Waals surface area contributed by atoms with Crippen molar-refractivity contribution < 1.29 is 14.3 Å². The fourth-order valence-electron chi connectivity index (χ4n) is 1.27. The van der Waals surface area contributed by atoms with Crippen LogP contribution in [0.2, 0.25) is 5.02 Å². The Morgan fingerprint density at radius 2 is 2.29 bits per heavy atom. The maximum atomic E-state index is 11.8. The molecule has 0 atom stereocenters. The number of halogens is 1. The van der Waals surface area contributed by atoms with Crippen LogP contribution in [0.15, 0.2) is 28.9 Å². The monoisotopic (exact) mass is 252 g/mol. The van der Waals surface area contributed by atoms with Gasteiger partial charge < -0.3 is 9.52 Å². The molecule has 0 aliphatic rings. The lowest BCUT2D eigenvalue weighted by atomic mass is 10.2. The smallest absolute Gasteiger partial charge is 0.301 e. The summed E-state index contributed by atoms with van der Waals surface area (Å²) < 4.78 is 4.97. The Bertz CT molecular complexity index is 566. The van der Waals surface area contributed by atoms with Crippen LogP contribution < -0.4 is 5.32 Å². The minimum absolute atomic E-state index is 0.0633. The van der Waals surface area contributed by atoms with Crippen LogP contribution in [-0.4, -0.2) is 16.0 Å². The van der Waals surface area contributed by atoms with Crippen molar-refractivity contribution in [2.45, 2.75) is 6.92 Å². The Morgan fingerprint density at radius 3 is 2.94 bits per heavy atom. The minimum Gasteiger partial charge on any atom is -0.507 e. The highest BCUT2D eigenvalue weighted by Crippen LogP contribution is 2.22. The summed E-state index contributed by atoms with van der Waals surface area (Å²) in [5, 5.41) is 12.3. The maximum absolute atomic E-state index is 11.8. The summed E-state index contributed by atoms with van der Waals surface area (Å²) in [5.41, 5.74) is 0.712. The topological polar surface area (TPSA) is 75.4 Å². The molecule has 0 saturated carbocycles. The van der Waals surface area contributed by atoms with Crippen molar-refractivity contribution in [1.29, 1.82) is 0 Å². The predicted octanol–water partition coefficient (Wildman–Crippen LogP) is 2.59. The fourth-order valence-corrected chi connectivity index (χ4v) is 1.44. The van der Waals surface area contributed by atoms with Crippen molar-refractivity contribution in [3.8, 4) is 5.75 Å². The number of aromatic hydroxyl groups is 1. The second-order valence-electron chi connectivity index (χ2n) is 3.41. The largest absolute Gasteiger partial charge is 0.507 e. The van der Waals surface area contributed by atoms with Gasteiger partial charge in [0.15, 0.2) is 0 Å². The molecule has 0 unspecified atom stereocenters. The predicted molar refractivity (Wildman–Crippen MR) is 62.3 cm³/mol. The zero-order chi connectivity index (χ0) is 12.4. The lowest BCUT2D eigenvalue weighted by Crippen LogP contribution is -2.12. The van der Waals surface area contributed by atoms with E-state index in [0.29, 0.717) is 10.7 Å². The summed E-state index contributed by atoms with van der Waals surface area (Å²) in [6.07, 6.45) is 1.41. The highest BCUT2D eigenvalue weighted by Gasteiger charge is 2.14. The van der Waals surface area contributed by atoms with Crippen molar-refractivity contribution in [3.05, 3.63) is 40.7 Å². The quantitative estimate of drug-likeness (QED) is 0.861. The first-order valence-electron chi connectivity index (χ1n) is 4.78. The number of phenolic OH excluding ortho intramolecular Hbond substituents is 1. The lowest BCUT2D eigenvalue weighted by Gasteiger charge is -2.03. The van der Waals surface area contributed by atoms with E-state index in [1.807, 2.05) is 0 Å². The van der Waals surface area contributed by atoms with Gasteiger partial charge in [-0.25, -0.2) is 0 Å². The van der Waals surface area contributed by atoms with E-state index in [1.165, 1.54) is 24.5 Å². The van der Waals surface area contributed by atoms with E-state index in [1.54, 1.807) is 6.92 Å². The molecule has 1 amide bonds. The third kappa shape index (κ3) is 2.57. The molecule has 0 radical (unpaired) electrons. The summed E-state index contributed by atoms with van der Waals surface area (Å²) in [5.74, 6) is -0.693. The number of oxazole rings is 1. The molecule has 2 aromatic rings. The summed E-state index contributed by atoms with van der Waals surface area (Å²) >= 11 is 5.74. The number of hydrogen-bond acceptors (Lipinski definition) is 4.